The Balaban J connectivity index is 1.64. The molecule has 0 saturated heterocycles. The van der Waals surface area contributed by atoms with E-state index in [-0.39, 0.29) is 17.8 Å². The Morgan fingerprint density at radius 2 is 1.61 bits per heavy atom. The van der Waals surface area contributed by atoms with E-state index in [1.165, 1.54) is 4.68 Å². The summed E-state index contributed by atoms with van der Waals surface area (Å²) in [6.07, 6.45) is -1.01. The number of aliphatic hydroxyl groups excluding tert-OH is 1. The molecule has 0 aliphatic rings. The number of carbonyl (C=O) groups excluding carboxylic acids is 1. The number of amides is 1. The third-order valence-corrected chi connectivity index (χ3v) is 4.57. The molecular weight excluding hydrogens is 394 g/mol. The Kier molecular flexibility index (Phi) is 5.91. The van der Waals surface area contributed by atoms with Gasteiger partial charge < -0.3 is 15.2 Å². The fourth-order valence-electron chi connectivity index (χ4n) is 2.96. The van der Waals surface area contributed by atoms with Crippen LogP contribution in [0.4, 0.5) is 11.9 Å². The first-order valence-electron chi connectivity index (χ1n) is 9.61. The minimum atomic E-state index is -1.01. The summed E-state index contributed by atoms with van der Waals surface area (Å²) in [4.78, 5) is 17.0. The molecule has 4 aromatic rings. The van der Waals surface area contributed by atoms with Gasteiger partial charge in [-0.3, -0.25) is 10.1 Å². The van der Waals surface area contributed by atoms with Gasteiger partial charge in [0.25, 0.3) is 5.91 Å². The van der Waals surface area contributed by atoms with Gasteiger partial charge >= 0.3 is 0 Å². The summed E-state index contributed by atoms with van der Waals surface area (Å²) < 4.78 is 6.69. The monoisotopic (exact) mass is 415 g/mol. The van der Waals surface area contributed by atoms with Gasteiger partial charge in [0.15, 0.2) is 6.23 Å². The lowest BCUT2D eigenvalue weighted by Gasteiger charge is -2.10. The standard InChI is InChI=1S/C23H21N5O3/c1-31-19-14-12-18(13-15-19)28-23(25-21(30)17-10-6-3-7-11-17)26-22(27-28)24-20(29)16-8-4-2-5-9-16/h2-15,20,29H,1H3,(H2,24,25,26,27,30). The molecule has 8 nitrogen and oxygen atoms in total. The minimum Gasteiger partial charge on any atom is -0.497 e. The highest BCUT2D eigenvalue weighted by Crippen LogP contribution is 2.22. The molecule has 4 rings (SSSR count). The van der Waals surface area contributed by atoms with Gasteiger partial charge in [-0.2, -0.15) is 9.67 Å². The largest absolute Gasteiger partial charge is 0.497 e. The lowest BCUT2D eigenvalue weighted by atomic mass is 10.2. The highest BCUT2D eigenvalue weighted by Gasteiger charge is 2.17. The van der Waals surface area contributed by atoms with Gasteiger partial charge in [0.2, 0.25) is 11.9 Å². The van der Waals surface area contributed by atoms with Crippen LogP contribution in [0.1, 0.15) is 22.1 Å². The molecule has 156 valence electrons. The van der Waals surface area contributed by atoms with Crippen LogP contribution >= 0.6 is 0 Å². The molecule has 0 bridgehead atoms. The molecule has 0 aliphatic carbocycles. The van der Waals surface area contributed by atoms with Crippen LogP contribution in [0.5, 0.6) is 5.75 Å². The zero-order valence-corrected chi connectivity index (χ0v) is 16.8. The van der Waals surface area contributed by atoms with E-state index in [1.807, 2.05) is 24.3 Å². The third-order valence-electron chi connectivity index (χ3n) is 4.57. The second-order valence-corrected chi connectivity index (χ2v) is 6.65. The summed E-state index contributed by atoms with van der Waals surface area (Å²) in [6.45, 7) is 0. The van der Waals surface area contributed by atoms with Crippen molar-refractivity contribution >= 4 is 17.8 Å². The number of anilines is 2. The molecule has 1 amide bonds. The van der Waals surface area contributed by atoms with Crippen LogP contribution < -0.4 is 15.4 Å². The van der Waals surface area contributed by atoms with E-state index in [0.717, 1.165) is 0 Å². The van der Waals surface area contributed by atoms with E-state index in [2.05, 4.69) is 20.7 Å². The lowest BCUT2D eigenvalue weighted by molar-refractivity contribution is 0.102. The molecule has 0 aliphatic heterocycles. The Morgan fingerprint density at radius 3 is 2.26 bits per heavy atom. The Bertz CT molecular complexity index is 1150. The van der Waals surface area contributed by atoms with Gasteiger partial charge in [-0.25, -0.2) is 0 Å². The SMILES string of the molecule is COc1ccc(-n2nc(NC(O)c3ccccc3)nc2NC(=O)c2ccccc2)cc1. The maximum Gasteiger partial charge on any atom is 0.258 e. The number of hydrogen-bond acceptors (Lipinski definition) is 6. The van der Waals surface area contributed by atoms with Gasteiger partial charge in [0.05, 0.1) is 12.8 Å². The molecule has 0 fully saturated rings. The van der Waals surface area contributed by atoms with Crippen LogP contribution in [-0.2, 0) is 0 Å². The number of aromatic nitrogens is 3. The zero-order chi connectivity index (χ0) is 21.6. The molecule has 1 unspecified atom stereocenters. The number of benzene rings is 3. The number of carbonyl (C=O) groups is 1. The summed E-state index contributed by atoms with van der Waals surface area (Å²) in [5, 5.41) is 20.5. The highest BCUT2D eigenvalue weighted by molar-refractivity contribution is 6.03. The zero-order valence-electron chi connectivity index (χ0n) is 16.8. The summed E-state index contributed by atoms with van der Waals surface area (Å²) in [6, 6.07) is 25.1. The molecule has 0 saturated carbocycles. The first kappa shape index (κ1) is 20.1. The number of aliphatic hydroxyl groups is 1. The van der Waals surface area contributed by atoms with Crippen molar-refractivity contribution < 1.29 is 14.6 Å². The van der Waals surface area contributed by atoms with E-state index in [0.29, 0.717) is 22.6 Å². The first-order valence-corrected chi connectivity index (χ1v) is 9.61. The van der Waals surface area contributed by atoms with Crippen LogP contribution in [0.2, 0.25) is 0 Å². The predicted octanol–water partition coefficient (Wildman–Crippen LogP) is 3.63. The average molecular weight is 415 g/mol. The van der Waals surface area contributed by atoms with Crippen molar-refractivity contribution in [2.24, 2.45) is 0 Å². The van der Waals surface area contributed by atoms with Gasteiger partial charge in [0.1, 0.15) is 5.75 Å². The predicted molar refractivity (Wildman–Crippen MR) is 117 cm³/mol. The second kappa shape index (κ2) is 9.10. The first-order chi connectivity index (χ1) is 15.1. The fourth-order valence-corrected chi connectivity index (χ4v) is 2.96. The quantitative estimate of drug-likeness (QED) is 0.399. The van der Waals surface area contributed by atoms with Gasteiger partial charge in [-0.15, -0.1) is 5.10 Å². The third kappa shape index (κ3) is 4.71. The summed E-state index contributed by atoms with van der Waals surface area (Å²) in [7, 11) is 1.59. The second-order valence-electron chi connectivity index (χ2n) is 6.65. The molecule has 1 aromatic heterocycles. The van der Waals surface area contributed by atoms with E-state index in [9.17, 15) is 9.90 Å². The van der Waals surface area contributed by atoms with E-state index >= 15 is 0 Å². The number of nitrogens with zero attached hydrogens (tertiary/aromatic N) is 3. The maximum absolute atomic E-state index is 12.7. The van der Waals surface area contributed by atoms with Crippen molar-refractivity contribution in [3.05, 3.63) is 96.1 Å². The maximum atomic E-state index is 12.7. The molecule has 31 heavy (non-hydrogen) atoms. The Labute approximate surface area is 179 Å². The molecule has 0 spiro atoms. The number of rotatable bonds is 7. The highest BCUT2D eigenvalue weighted by atomic mass is 16.5. The lowest BCUT2D eigenvalue weighted by Crippen LogP contribution is -2.15. The number of hydrogen-bond donors (Lipinski definition) is 3. The van der Waals surface area contributed by atoms with E-state index in [1.54, 1.807) is 67.8 Å². The fraction of sp³-hybridized carbons (Fsp3) is 0.0870. The summed E-state index contributed by atoms with van der Waals surface area (Å²) in [5.41, 5.74) is 1.82. The average Bonchev–Trinajstić information content (AvgIpc) is 3.22. The van der Waals surface area contributed by atoms with Crippen molar-refractivity contribution in [3.63, 3.8) is 0 Å². The molecule has 0 radical (unpaired) electrons. The number of ether oxygens (including phenoxy) is 1. The van der Waals surface area contributed by atoms with Gasteiger partial charge in [-0.05, 0) is 36.4 Å². The van der Waals surface area contributed by atoms with E-state index < -0.39 is 6.23 Å². The van der Waals surface area contributed by atoms with Crippen LogP contribution in [0.15, 0.2) is 84.9 Å². The smallest absolute Gasteiger partial charge is 0.258 e. The Morgan fingerprint density at radius 1 is 0.968 bits per heavy atom. The molecule has 1 heterocycles. The minimum absolute atomic E-state index is 0.163. The van der Waals surface area contributed by atoms with Gasteiger partial charge in [0, 0.05) is 11.1 Å². The molecule has 8 heteroatoms. The van der Waals surface area contributed by atoms with Crippen molar-refractivity contribution in [2.75, 3.05) is 17.7 Å². The number of methoxy groups -OCH3 is 1. The Hall–Kier alpha value is -4.17. The number of nitrogens with one attached hydrogen (secondary N) is 2. The topological polar surface area (TPSA) is 101 Å². The molecular formula is C23H21N5O3. The summed E-state index contributed by atoms with van der Waals surface area (Å²) >= 11 is 0. The van der Waals surface area contributed by atoms with Crippen molar-refractivity contribution in [3.8, 4) is 11.4 Å². The van der Waals surface area contributed by atoms with Crippen molar-refractivity contribution in [1.82, 2.24) is 14.8 Å². The van der Waals surface area contributed by atoms with E-state index in [4.69, 9.17) is 4.74 Å². The molecule has 1 atom stereocenters. The summed E-state index contributed by atoms with van der Waals surface area (Å²) in [5.74, 6) is 0.742. The van der Waals surface area contributed by atoms with Crippen LogP contribution in [0, 0.1) is 0 Å². The van der Waals surface area contributed by atoms with Crippen molar-refractivity contribution in [1.29, 1.82) is 0 Å². The van der Waals surface area contributed by atoms with Gasteiger partial charge in [-0.1, -0.05) is 48.5 Å². The van der Waals surface area contributed by atoms with Crippen LogP contribution in [0.25, 0.3) is 5.69 Å². The van der Waals surface area contributed by atoms with Crippen LogP contribution in [0.3, 0.4) is 0 Å². The van der Waals surface area contributed by atoms with Crippen LogP contribution in [-0.4, -0.2) is 32.9 Å². The molecule has 3 N–H and O–H groups in total. The molecule has 3 aromatic carbocycles. The normalized spacial score (nSPS) is 11.5. The van der Waals surface area contributed by atoms with Crippen molar-refractivity contribution in [2.45, 2.75) is 6.23 Å².